The van der Waals surface area contributed by atoms with E-state index in [0.717, 1.165) is 13.1 Å². The lowest BCUT2D eigenvalue weighted by Gasteiger charge is -2.27. The van der Waals surface area contributed by atoms with Crippen LogP contribution in [0.4, 0.5) is 4.39 Å². The molecule has 2 nitrogen and oxygen atoms in total. The zero-order valence-electron chi connectivity index (χ0n) is 11.3. The van der Waals surface area contributed by atoms with Gasteiger partial charge in [0.2, 0.25) is 0 Å². The second-order valence-corrected chi connectivity index (χ2v) is 4.54. The van der Waals surface area contributed by atoms with Crippen LogP contribution in [-0.4, -0.2) is 31.6 Å². The van der Waals surface area contributed by atoms with Gasteiger partial charge in [-0.3, -0.25) is 4.90 Å². The van der Waals surface area contributed by atoms with Crippen molar-refractivity contribution < 1.29 is 9.13 Å². The number of piperidine rings is 1. The number of likely N-dealkylation sites (tertiary alicyclic amines) is 1. The fourth-order valence-electron chi connectivity index (χ4n) is 2.12. The first-order valence-electron chi connectivity index (χ1n) is 6.51. The van der Waals surface area contributed by atoms with Gasteiger partial charge in [0.1, 0.15) is 5.83 Å². The third-order valence-electron chi connectivity index (χ3n) is 3.23. The molecule has 1 saturated heterocycles. The minimum absolute atomic E-state index is 0.127. The van der Waals surface area contributed by atoms with E-state index in [1.165, 1.54) is 19.3 Å². The van der Waals surface area contributed by atoms with Crippen molar-refractivity contribution in [3.63, 3.8) is 0 Å². The van der Waals surface area contributed by atoms with Crippen molar-refractivity contribution in [2.75, 3.05) is 26.7 Å². The van der Waals surface area contributed by atoms with E-state index in [4.69, 9.17) is 4.74 Å². The molecule has 1 aliphatic rings. The molecule has 98 valence electrons. The smallest absolute Gasteiger partial charge is 0.127 e. The first-order valence-corrected chi connectivity index (χ1v) is 6.51. The van der Waals surface area contributed by atoms with E-state index in [1.54, 1.807) is 13.2 Å². The summed E-state index contributed by atoms with van der Waals surface area (Å²) in [6, 6.07) is 0. The maximum absolute atomic E-state index is 14.0. The molecule has 1 rings (SSSR count). The van der Waals surface area contributed by atoms with E-state index in [1.807, 2.05) is 13.8 Å². The highest BCUT2D eigenvalue weighted by atomic mass is 19.1. The van der Waals surface area contributed by atoms with Crippen LogP contribution >= 0.6 is 0 Å². The predicted octanol–water partition coefficient (Wildman–Crippen LogP) is 3.66. The summed E-state index contributed by atoms with van der Waals surface area (Å²) in [6.07, 6.45) is 6.08. The Balaban J connectivity index is 2.73. The van der Waals surface area contributed by atoms with Crippen LogP contribution in [0.3, 0.4) is 0 Å². The summed E-state index contributed by atoms with van der Waals surface area (Å²) < 4.78 is 19.2. The molecule has 0 saturated carbocycles. The van der Waals surface area contributed by atoms with Crippen LogP contribution < -0.4 is 0 Å². The molecule has 0 unspecified atom stereocenters. The van der Waals surface area contributed by atoms with Gasteiger partial charge in [0.25, 0.3) is 0 Å². The van der Waals surface area contributed by atoms with Crippen LogP contribution in [-0.2, 0) is 4.74 Å². The summed E-state index contributed by atoms with van der Waals surface area (Å²) in [5.74, 6) is 0.565. The third kappa shape index (κ3) is 4.50. The number of nitrogens with zero attached hydrogens (tertiary/aromatic N) is 1. The number of ether oxygens (including phenoxy) is 1. The summed E-state index contributed by atoms with van der Waals surface area (Å²) in [5.41, 5.74) is 0.705. The lowest BCUT2D eigenvalue weighted by molar-refractivity contribution is 0.234. The first kappa shape index (κ1) is 14.2. The molecule has 0 amide bonds. The standard InChI is InChI=1S/C14H24FNO/c1-4-8-14(15)13(12(2)17-3)11-16-9-6-5-7-10-16/h8H,4-7,9-11H2,1-3H3/b13-12+,14-8+. The quantitative estimate of drug-likeness (QED) is 0.538. The van der Waals surface area contributed by atoms with Gasteiger partial charge in [-0.05, 0) is 45.4 Å². The van der Waals surface area contributed by atoms with Crippen LogP contribution in [0, 0.1) is 0 Å². The Kier molecular flexibility index (Phi) is 6.27. The fourth-order valence-corrected chi connectivity index (χ4v) is 2.12. The van der Waals surface area contributed by atoms with E-state index in [2.05, 4.69) is 4.90 Å². The first-order chi connectivity index (χ1) is 8.19. The molecule has 0 aliphatic carbocycles. The van der Waals surface area contributed by atoms with Crippen molar-refractivity contribution >= 4 is 0 Å². The molecule has 17 heavy (non-hydrogen) atoms. The largest absolute Gasteiger partial charge is 0.501 e. The van der Waals surface area contributed by atoms with Gasteiger partial charge in [0, 0.05) is 12.1 Å². The van der Waals surface area contributed by atoms with Crippen LogP contribution in [0.1, 0.15) is 39.5 Å². The zero-order valence-corrected chi connectivity index (χ0v) is 11.3. The maximum atomic E-state index is 14.0. The Morgan fingerprint density at radius 3 is 2.47 bits per heavy atom. The van der Waals surface area contributed by atoms with Gasteiger partial charge in [-0.2, -0.15) is 0 Å². The van der Waals surface area contributed by atoms with E-state index < -0.39 is 0 Å². The van der Waals surface area contributed by atoms with Gasteiger partial charge in [-0.25, -0.2) is 4.39 Å². The molecule has 1 fully saturated rings. The third-order valence-corrected chi connectivity index (χ3v) is 3.23. The predicted molar refractivity (Wildman–Crippen MR) is 69.5 cm³/mol. The minimum Gasteiger partial charge on any atom is -0.501 e. The van der Waals surface area contributed by atoms with E-state index in [0.29, 0.717) is 24.3 Å². The fraction of sp³-hybridized carbons (Fsp3) is 0.714. The van der Waals surface area contributed by atoms with E-state index in [9.17, 15) is 4.39 Å². The molecular weight excluding hydrogens is 217 g/mol. The topological polar surface area (TPSA) is 12.5 Å². The van der Waals surface area contributed by atoms with Crippen molar-refractivity contribution in [1.82, 2.24) is 4.90 Å². The van der Waals surface area contributed by atoms with Gasteiger partial charge in [0.15, 0.2) is 0 Å². The molecule has 0 spiro atoms. The van der Waals surface area contributed by atoms with Gasteiger partial charge in [-0.15, -0.1) is 0 Å². The molecule has 1 heterocycles. The molecule has 1 aliphatic heterocycles. The van der Waals surface area contributed by atoms with Gasteiger partial charge >= 0.3 is 0 Å². The monoisotopic (exact) mass is 241 g/mol. The summed E-state index contributed by atoms with van der Waals surface area (Å²) in [5, 5.41) is 0. The van der Waals surface area contributed by atoms with Crippen LogP contribution in [0.25, 0.3) is 0 Å². The van der Waals surface area contributed by atoms with Crippen molar-refractivity contribution in [3.8, 4) is 0 Å². The lowest BCUT2D eigenvalue weighted by atomic mass is 10.1. The normalized spacial score (nSPS) is 20.1. The van der Waals surface area contributed by atoms with Crippen LogP contribution in [0.2, 0.25) is 0 Å². The average Bonchev–Trinajstić information content (AvgIpc) is 2.36. The van der Waals surface area contributed by atoms with Gasteiger partial charge in [0.05, 0.1) is 12.9 Å². The second-order valence-electron chi connectivity index (χ2n) is 4.54. The highest BCUT2D eigenvalue weighted by molar-refractivity contribution is 5.29. The van der Waals surface area contributed by atoms with Crippen molar-refractivity contribution in [2.45, 2.75) is 39.5 Å². The van der Waals surface area contributed by atoms with Crippen molar-refractivity contribution in [1.29, 1.82) is 0 Å². The van der Waals surface area contributed by atoms with Gasteiger partial charge < -0.3 is 4.74 Å². The van der Waals surface area contributed by atoms with Crippen LogP contribution in [0.15, 0.2) is 23.2 Å². The number of methoxy groups -OCH3 is 1. The average molecular weight is 241 g/mol. The molecule has 0 aromatic heterocycles. The van der Waals surface area contributed by atoms with Gasteiger partial charge in [-0.1, -0.05) is 13.3 Å². The highest BCUT2D eigenvalue weighted by Crippen LogP contribution is 2.21. The van der Waals surface area contributed by atoms with E-state index in [-0.39, 0.29) is 5.83 Å². The molecule has 0 N–H and O–H groups in total. The molecule has 0 radical (unpaired) electrons. The minimum atomic E-state index is -0.127. The SMILES string of the molecule is CC/C=C(F)\C(CN1CCCCC1)=C(/C)OC. The Morgan fingerprint density at radius 2 is 1.94 bits per heavy atom. The number of hydrogen-bond donors (Lipinski definition) is 0. The summed E-state index contributed by atoms with van der Waals surface area (Å²) in [6.45, 7) is 6.59. The summed E-state index contributed by atoms with van der Waals surface area (Å²) >= 11 is 0. The number of hydrogen-bond acceptors (Lipinski definition) is 2. The Labute approximate surface area is 104 Å². The molecule has 0 bridgehead atoms. The molecular formula is C14H24FNO. The molecule has 0 aromatic rings. The Morgan fingerprint density at radius 1 is 1.29 bits per heavy atom. The molecule has 3 heteroatoms. The molecule has 0 aromatic carbocycles. The number of halogens is 1. The number of allylic oxidation sites excluding steroid dienone is 2. The van der Waals surface area contributed by atoms with Crippen LogP contribution in [0.5, 0.6) is 0 Å². The zero-order chi connectivity index (χ0) is 12.7. The van der Waals surface area contributed by atoms with Crippen molar-refractivity contribution in [3.05, 3.63) is 23.2 Å². The van der Waals surface area contributed by atoms with Crippen molar-refractivity contribution in [2.24, 2.45) is 0 Å². The highest BCUT2D eigenvalue weighted by Gasteiger charge is 2.16. The summed E-state index contributed by atoms with van der Waals surface area (Å²) in [7, 11) is 1.60. The molecule has 0 atom stereocenters. The van der Waals surface area contributed by atoms with E-state index >= 15 is 0 Å². The Bertz CT molecular complexity index is 291. The number of rotatable bonds is 5. The second kappa shape index (κ2) is 7.49. The lowest BCUT2D eigenvalue weighted by Crippen LogP contribution is -2.32. The summed E-state index contributed by atoms with van der Waals surface area (Å²) in [4.78, 5) is 2.31. The maximum Gasteiger partial charge on any atom is 0.127 e. The Hall–Kier alpha value is -0.830.